The molecule has 0 aliphatic heterocycles. The van der Waals surface area contributed by atoms with Crippen LogP contribution in [0.5, 0.6) is 0 Å². The normalized spacial score (nSPS) is 13.5. The molecule has 0 rings (SSSR count). The Morgan fingerprint density at radius 3 is 2.11 bits per heavy atom. The van der Waals surface area contributed by atoms with E-state index in [1.54, 1.807) is 27.7 Å². The van der Waals surface area contributed by atoms with Crippen LogP contribution >= 0.6 is 7.60 Å². The number of urea groups is 1. The fourth-order valence-corrected chi connectivity index (χ4v) is 2.68. The molecule has 9 nitrogen and oxygen atoms in total. The largest absolute Gasteiger partial charge is 0.410 e. The number of oxime groups is 1. The number of nitrogens with zero attached hydrogens (tertiary/aromatic N) is 2. The number of hydrogen-bond acceptors (Lipinski definition) is 7. The minimum atomic E-state index is -3.84. The van der Waals surface area contributed by atoms with Gasteiger partial charge in [-0.25, -0.2) is 10.2 Å². The van der Waals surface area contributed by atoms with Gasteiger partial charge in [0.2, 0.25) is 5.45 Å². The molecule has 19 heavy (non-hydrogen) atoms. The Bertz CT molecular complexity index is 393. The van der Waals surface area contributed by atoms with Gasteiger partial charge in [-0.2, -0.15) is 5.10 Å². The van der Waals surface area contributed by atoms with E-state index in [9.17, 15) is 9.36 Å². The molecular formula is C9H19N4O5P. The summed E-state index contributed by atoms with van der Waals surface area (Å²) in [5.74, 6) is 0. The summed E-state index contributed by atoms with van der Waals surface area (Å²) in [6, 6.07) is -0.919. The Balaban J connectivity index is 5.15. The van der Waals surface area contributed by atoms with E-state index in [0.717, 1.165) is 6.21 Å². The minimum absolute atomic E-state index is 0.432. The smallest absolute Gasteiger partial charge is 0.385 e. The number of rotatable bonds is 7. The Labute approximate surface area is 111 Å². The number of primary amides is 1. The monoisotopic (exact) mass is 294 g/mol. The first-order valence-electron chi connectivity index (χ1n) is 5.49. The standard InChI is InChI=1S/C9H19N4O5P/c1-6(2)17-19(16,18-7(3)4)8(13-15)5-11-12-9(10)14/h5-7,15H,1-4H3,(H3,10,12,14)/b11-5+,13-8-. The number of hydrogen-bond donors (Lipinski definition) is 3. The van der Waals surface area contributed by atoms with Crippen LogP contribution in [-0.4, -0.2) is 35.1 Å². The first-order valence-corrected chi connectivity index (χ1v) is 7.03. The van der Waals surface area contributed by atoms with Crippen LogP contribution in [0.2, 0.25) is 0 Å². The van der Waals surface area contributed by atoms with Gasteiger partial charge < -0.3 is 20.0 Å². The SMILES string of the molecule is CC(C)OP(=O)(OC(C)C)C(/C=N/NC(N)=O)=N\O. The van der Waals surface area contributed by atoms with E-state index in [-0.39, 0.29) is 0 Å². The summed E-state index contributed by atoms with van der Waals surface area (Å²) < 4.78 is 22.8. The molecule has 2 amide bonds. The lowest BCUT2D eigenvalue weighted by Gasteiger charge is -2.21. The summed E-state index contributed by atoms with van der Waals surface area (Å²) in [6.07, 6.45) is -0.0197. The van der Waals surface area contributed by atoms with E-state index in [0.29, 0.717) is 0 Å². The lowest BCUT2D eigenvalue weighted by atomic mass is 10.5. The van der Waals surface area contributed by atoms with Gasteiger partial charge in [0.1, 0.15) is 0 Å². The lowest BCUT2D eigenvalue weighted by molar-refractivity contribution is 0.152. The molecule has 4 N–H and O–H groups in total. The fraction of sp³-hybridized carbons (Fsp3) is 0.667. The number of carbonyl (C=O) groups is 1. The molecule has 0 atom stereocenters. The number of carbonyl (C=O) groups excluding carboxylic acids is 1. The summed E-state index contributed by atoms with van der Waals surface area (Å²) >= 11 is 0. The van der Waals surface area contributed by atoms with Crippen molar-refractivity contribution in [2.24, 2.45) is 16.0 Å². The van der Waals surface area contributed by atoms with E-state index in [1.807, 2.05) is 5.43 Å². The molecule has 0 unspecified atom stereocenters. The summed E-state index contributed by atoms with van der Waals surface area (Å²) in [7, 11) is -3.84. The summed E-state index contributed by atoms with van der Waals surface area (Å²) in [5.41, 5.74) is 6.23. The molecule has 0 heterocycles. The van der Waals surface area contributed by atoms with Gasteiger partial charge in [-0.1, -0.05) is 5.16 Å². The molecule has 0 saturated carbocycles. The average Bonchev–Trinajstić information content (AvgIpc) is 2.21. The zero-order valence-electron chi connectivity index (χ0n) is 11.2. The van der Waals surface area contributed by atoms with E-state index < -0.39 is 31.3 Å². The fourth-order valence-electron chi connectivity index (χ4n) is 0.993. The second-order valence-electron chi connectivity index (χ2n) is 4.00. The highest BCUT2D eigenvalue weighted by molar-refractivity contribution is 7.74. The number of hydrazone groups is 1. The van der Waals surface area contributed by atoms with Crippen molar-refractivity contribution in [3.05, 3.63) is 0 Å². The molecule has 0 fully saturated rings. The third kappa shape index (κ3) is 6.90. The third-order valence-electron chi connectivity index (χ3n) is 1.44. The van der Waals surface area contributed by atoms with Crippen LogP contribution < -0.4 is 11.2 Å². The minimum Gasteiger partial charge on any atom is -0.410 e. The zero-order valence-corrected chi connectivity index (χ0v) is 12.1. The van der Waals surface area contributed by atoms with Crippen molar-refractivity contribution in [3.63, 3.8) is 0 Å². The maximum atomic E-state index is 12.5. The Morgan fingerprint density at radius 2 is 1.79 bits per heavy atom. The molecule has 110 valence electrons. The van der Waals surface area contributed by atoms with Crippen LogP contribution in [0, 0.1) is 0 Å². The first kappa shape index (κ1) is 17.6. The van der Waals surface area contributed by atoms with E-state index in [4.69, 9.17) is 20.0 Å². The van der Waals surface area contributed by atoms with Gasteiger partial charge in [-0.15, -0.1) is 0 Å². The average molecular weight is 294 g/mol. The molecule has 0 spiro atoms. The second kappa shape index (κ2) is 7.88. The topological polar surface area (TPSA) is 136 Å². The van der Waals surface area contributed by atoms with Gasteiger partial charge in [0.25, 0.3) is 0 Å². The lowest BCUT2D eigenvalue weighted by Crippen LogP contribution is -2.25. The van der Waals surface area contributed by atoms with Gasteiger partial charge in [-0.3, -0.25) is 4.57 Å². The van der Waals surface area contributed by atoms with E-state index >= 15 is 0 Å². The van der Waals surface area contributed by atoms with Crippen LogP contribution in [0.4, 0.5) is 4.79 Å². The molecule has 10 heteroatoms. The van der Waals surface area contributed by atoms with Crippen LogP contribution in [-0.2, 0) is 13.6 Å². The van der Waals surface area contributed by atoms with Crippen molar-refractivity contribution in [2.45, 2.75) is 39.9 Å². The van der Waals surface area contributed by atoms with Crippen LogP contribution in [0.3, 0.4) is 0 Å². The Kier molecular flexibility index (Phi) is 7.28. The first-order chi connectivity index (χ1) is 8.71. The van der Waals surface area contributed by atoms with Crippen molar-refractivity contribution in [1.29, 1.82) is 0 Å². The van der Waals surface area contributed by atoms with Crippen LogP contribution in [0.25, 0.3) is 0 Å². The molecule has 0 aromatic carbocycles. The third-order valence-corrected chi connectivity index (χ3v) is 3.60. The highest BCUT2D eigenvalue weighted by Gasteiger charge is 2.34. The maximum absolute atomic E-state index is 12.5. The molecule has 0 aromatic heterocycles. The zero-order chi connectivity index (χ0) is 15.1. The summed E-state index contributed by atoms with van der Waals surface area (Å²) in [6.45, 7) is 6.57. The van der Waals surface area contributed by atoms with Crippen LogP contribution in [0.15, 0.2) is 10.3 Å². The quantitative estimate of drug-likeness (QED) is 0.283. The molecule has 0 radical (unpaired) electrons. The maximum Gasteiger partial charge on any atom is 0.385 e. The van der Waals surface area contributed by atoms with E-state index in [2.05, 4.69) is 10.3 Å². The molecule has 0 bridgehead atoms. The highest BCUT2D eigenvalue weighted by atomic mass is 31.2. The van der Waals surface area contributed by atoms with Crippen LogP contribution in [0.1, 0.15) is 27.7 Å². The van der Waals surface area contributed by atoms with Gasteiger partial charge in [0.15, 0.2) is 0 Å². The van der Waals surface area contributed by atoms with Crippen molar-refractivity contribution >= 4 is 25.3 Å². The number of nitrogens with one attached hydrogen (secondary N) is 1. The summed E-state index contributed by atoms with van der Waals surface area (Å²) in [5, 5.41) is 15.0. The predicted octanol–water partition coefficient (Wildman–Crippen LogP) is 1.47. The van der Waals surface area contributed by atoms with Gasteiger partial charge in [0.05, 0.1) is 18.4 Å². The molecule has 0 aromatic rings. The predicted molar refractivity (Wildman–Crippen MR) is 70.5 cm³/mol. The van der Waals surface area contributed by atoms with Gasteiger partial charge in [-0.05, 0) is 27.7 Å². The van der Waals surface area contributed by atoms with E-state index in [1.165, 1.54) is 0 Å². The van der Waals surface area contributed by atoms with Crippen molar-refractivity contribution in [3.8, 4) is 0 Å². The molecule has 0 aliphatic rings. The van der Waals surface area contributed by atoms with Gasteiger partial charge >= 0.3 is 13.6 Å². The molecular weight excluding hydrogens is 275 g/mol. The van der Waals surface area contributed by atoms with Crippen molar-refractivity contribution in [2.75, 3.05) is 0 Å². The highest BCUT2D eigenvalue weighted by Crippen LogP contribution is 2.51. The van der Waals surface area contributed by atoms with Crippen molar-refractivity contribution < 1.29 is 23.6 Å². The second-order valence-corrected chi connectivity index (χ2v) is 5.87. The molecule has 0 aliphatic carbocycles. The summed E-state index contributed by atoms with van der Waals surface area (Å²) in [4.78, 5) is 10.4. The Hall–Kier alpha value is -1.44. The number of amides is 2. The Morgan fingerprint density at radius 1 is 1.32 bits per heavy atom. The van der Waals surface area contributed by atoms with Gasteiger partial charge in [0, 0.05) is 0 Å². The van der Waals surface area contributed by atoms with Crippen molar-refractivity contribution in [1.82, 2.24) is 5.43 Å². The molecule has 0 saturated heterocycles. The number of nitrogens with two attached hydrogens (primary N) is 1.